The first-order chi connectivity index (χ1) is 7.63. The lowest BCUT2D eigenvalue weighted by molar-refractivity contribution is 0.475. The lowest BCUT2D eigenvalue weighted by Gasteiger charge is -2.06. The first kappa shape index (κ1) is 10.7. The highest BCUT2D eigenvalue weighted by Crippen LogP contribution is 2.25. The zero-order chi connectivity index (χ0) is 11.5. The molecule has 1 heterocycles. The molecule has 0 saturated carbocycles. The molecule has 0 spiro atoms. The molecule has 2 rings (SSSR count). The number of halogens is 2. The van der Waals surface area contributed by atoms with E-state index in [0.717, 1.165) is 0 Å². The number of rotatable bonds is 2. The van der Waals surface area contributed by atoms with E-state index in [0.29, 0.717) is 22.2 Å². The van der Waals surface area contributed by atoms with E-state index in [1.165, 1.54) is 30.6 Å². The van der Waals surface area contributed by atoms with Crippen molar-refractivity contribution >= 4 is 17.3 Å². The maximum absolute atomic E-state index is 13.0. The average Bonchev–Trinajstić information content (AvgIpc) is 2.15. The van der Waals surface area contributed by atoms with Gasteiger partial charge in [-0.1, -0.05) is 11.6 Å². The second-order valence-corrected chi connectivity index (χ2v) is 3.60. The second kappa shape index (κ2) is 4.37. The molecule has 1 aromatic heterocycles. The van der Waals surface area contributed by atoms with Gasteiger partial charge in [-0.3, -0.25) is 4.98 Å². The molecule has 1 aromatic carbocycles. The van der Waals surface area contributed by atoms with Crippen molar-refractivity contribution in [2.45, 2.75) is 0 Å². The van der Waals surface area contributed by atoms with Gasteiger partial charge in [0, 0.05) is 30.1 Å². The Hall–Kier alpha value is -1.81. The topological polar surface area (TPSA) is 48.1 Å². The number of pyridine rings is 1. The van der Waals surface area contributed by atoms with Crippen LogP contribution in [-0.4, -0.2) is 4.98 Å². The Balaban J connectivity index is 2.27. The Labute approximate surface area is 96.6 Å². The second-order valence-electron chi connectivity index (χ2n) is 3.16. The number of hydrogen-bond donors (Lipinski definition) is 1. The molecular formula is C11H8ClFN2O. The number of hydrogen-bond acceptors (Lipinski definition) is 3. The summed E-state index contributed by atoms with van der Waals surface area (Å²) in [5, 5.41) is 0.446. The molecule has 0 amide bonds. The highest BCUT2D eigenvalue weighted by molar-refractivity contribution is 6.30. The van der Waals surface area contributed by atoms with Gasteiger partial charge in [0.25, 0.3) is 0 Å². The molecule has 3 nitrogen and oxygen atoms in total. The first-order valence-corrected chi connectivity index (χ1v) is 4.86. The van der Waals surface area contributed by atoms with Crippen molar-refractivity contribution in [3.8, 4) is 11.5 Å². The number of nitrogen functional groups attached to an aromatic ring is 1. The molecule has 0 aliphatic rings. The number of anilines is 1. The fraction of sp³-hybridized carbons (Fsp3) is 0. The van der Waals surface area contributed by atoms with Gasteiger partial charge in [0.2, 0.25) is 0 Å². The summed E-state index contributed by atoms with van der Waals surface area (Å²) in [6.07, 6.45) is 2.96. The predicted molar refractivity (Wildman–Crippen MR) is 60.1 cm³/mol. The molecule has 0 saturated heterocycles. The number of aromatic nitrogens is 1. The van der Waals surface area contributed by atoms with Crippen LogP contribution in [-0.2, 0) is 0 Å². The summed E-state index contributed by atoms with van der Waals surface area (Å²) in [5.41, 5.74) is 5.78. The van der Waals surface area contributed by atoms with Crippen LogP contribution in [0.15, 0.2) is 36.7 Å². The minimum Gasteiger partial charge on any atom is -0.456 e. The third kappa shape index (κ3) is 2.61. The van der Waals surface area contributed by atoms with Crippen LogP contribution in [0.2, 0.25) is 5.02 Å². The standard InChI is InChI=1S/C11H8ClFN2O/c12-7-1-11(6-15-5-7)16-10-3-8(13)2-9(14)4-10/h1-6H,14H2. The fourth-order valence-corrected chi connectivity index (χ4v) is 1.39. The summed E-state index contributed by atoms with van der Waals surface area (Å²) in [7, 11) is 0. The molecule has 0 fully saturated rings. The van der Waals surface area contributed by atoms with E-state index in [9.17, 15) is 4.39 Å². The Morgan fingerprint density at radius 3 is 2.62 bits per heavy atom. The number of nitrogens with zero attached hydrogens (tertiary/aromatic N) is 1. The summed E-state index contributed by atoms with van der Waals surface area (Å²) >= 11 is 5.73. The van der Waals surface area contributed by atoms with E-state index in [-0.39, 0.29) is 0 Å². The normalized spacial score (nSPS) is 10.1. The maximum Gasteiger partial charge on any atom is 0.147 e. The van der Waals surface area contributed by atoms with Crippen LogP contribution in [0.3, 0.4) is 0 Å². The lowest BCUT2D eigenvalue weighted by atomic mass is 10.3. The summed E-state index contributed by atoms with van der Waals surface area (Å²) in [6.45, 7) is 0. The minimum absolute atomic E-state index is 0.296. The zero-order valence-corrected chi connectivity index (χ0v) is 8.91. The highest BCUT2D eigenvalue weighted by Gasteiger charge is 2.02. The largest absolute Gasteiger partial charge is 0.456 e. The van der Waals surface area contributed by atoms with Crippen LogP contribution in [0, 0.1) is 5.82 Å². The minimum atomic E-state index is -0.454. The molecule has 2 aromatic rings. The maximum atomic E-state index is 13.0. The summed E-state index contributed by atoms with van der Waals surface area (Å²) < 4.78 is 18.4. The van der Waals surface area contributed by atoms with E-state index in [1.807, 2.05) is 0 Å². The number of benzene rings is 1. The first-order valence-electron chi connectivity index (χ1n) is 4.48. The zero-order valence-electron chi connectivity index (χ0n) is 8.15. The fourth-order valence-electron chi connectivity index (χ4n) is 1.23. The number of ether oxygens (including phenoxy) is 1. The van der Waals surface area contributed by atoms with Crippen LogP contribution in [0.4, 0.5) is 10.1 Å². The molecule has 0 radical (unpaired) electrons. The molecular weight excluding hydrogens is 231 g/mol. The third-order valence-electron chi connectivity index (χ3n) is 1.81. The monoisotopic (exact) mass is 238 g/mol. The predicted octanol–water partition coefficient (Wildman–Crippen LogP) is 3.25. The van der Waals surface area contributed by atoms with Crippen molar-refractivity contribution < 1.29 is 9.13 Å². The lowest BCUT2D eigenvalue weighted by Crippen LogP contribution is -1.90. The van der Waals surface area contributed by atoms with Crippen molar-refractivity contribution in [3.63, 3.8) is 0 Å². The van der Waals surface area contributed by atoms with E-state index in [2.05, 4.69) is 4.98 Å². The molecule has 5 heteroatoms. The van der Waals surface area contributed by atoms with Crippen molar-refractivity contribution in [3.05, 3.63) is 47.5 Å². The Kier molecular flexibility index (Phi) is 2.92. The molecule has 2 N–H and O–H groups in total. The number of nitrogens with two attached hydrogens (primary N) is 1. The summed E-state index contributed by atoms with van der Waals surface area (Å²) in [6, 6.07) is 5.54. The SMILES string of the molecule is Nc1cc(F)cc(Oc2cncc(Cl)c2)c1. The molecule has 0 bridgehead atoms. The van der Waals surface area contributed by atoms with Crippen molar-refractivity contribution in [1.29, 1.82) is 0 Å². The van der Waals surface area contributed by atoms with E-state index in [4.69, 9.17) is 22.1 Å². The van der Waals surface area contributed by atoms with Gasteiger partial charge in [-0.05, 0) is 6.07 Å². The van der Waals surface area contributed by atoms with Gasteiger partial charge in [0.15, 0.2) is 0 Å². The third-order valence-corrected chi connectivity index (χ3v) is 2.02. The van der Waals surface area contributed by atoms with Crippen LogP contribution in [0.25, 0.3) is 0 Å². The van der Waals surface area contributed by atoms with Crippen LogP contribution in [0.1, 0.15) is 0 Å². The van der Waals surface area contributed by atoms with Crippen molar-refractivity contribution in [2.75, 3.05) is 5.73 Å². The van der Waals surface area contributed by atoms with Gasteiger partial charge in [0.1, 0.15) is 17.3 Å². The Morgan fingerprint density at radius 1 is 1.12 bits per heavy atom. The molecule has 16 heavy (non-hydrogen) atoms. The van der Waals surface area contributed by atoms with Gasteiger partial charge in [-0.25, -0.2) is 4.39 Å². The van der Waals surface area contributed by atoms with Crippen LogP contribution >= 0.6 is 11.6 Å². The van der Waals surface area contributed by atoms with E-state index < -0.39 is 5.82 Å². The molecule has 82 valence electrons. The van der Waals surface area contributed by atoms with Crippen LogP contribution in [0.5, 0.6) is 11.5 Å². The molecule has 0 aliphatic carbocycles. The van der Waals surface area contributed by atoms with Crippen LogP contribution < -0.4 is 10.5 Å². The average molecular weight is 239 g/mol. The molecule has 0 atom stereocenters. The van der Waals surface area contributed by atoms with E-state index in [1.54, 1.807) is 6.07 Å². The molecule has 0 aliphatic heterocycles. The van der Waals surface area contributed by atoms with Gasteiger partial charge in [-0.2, -0.15) is 0 Å². The van der Waals surface area contributed by atoms with Crippen molar-refractivity contribution in [2.24, 2.45) is 0 Å². The van der Waals surface area contributed by atoms with Gasteiger partial charge >= 0.3 is 0 Å². The highest BCUT2D eigenvalue weighted by atomic mass is 35.5. The van der Waals surface area contributed by atoms with Crippen molar-refractivity contribution in [1.82, 2.24) is 4.98 Å². The summed E-state index contributed by atoms with van der Waals surface area (Å²) in [4.78, 5) is 3.84. The van der Waals surface area contributed by atoms with E-state index >= 15 is 0 Å². The summed E-state index contributed by atoms with van der Waals surface area (Å²) in [5.74, 6) is 0.282. The Morgan fingerprint density at radius 2 is 1.94 bits per heavy atom. The smallest absolute Gasteiger partial charge is 0.147 e. The molecule has 0 unspecified atom stereocenters. The quantitative estimate of drug-likeness (QED) is 0.817. The Bertz CT molecular complexity index is 499. The van der Waals surface area contributed by atoms with Gasteiger partial charge in [0.05, 0.1) is 11.2 Å². The van der Waals surface area contributed by atoms with Gasteiger partial charge < -0.3 is 10.5 Å². The van der Waals surface area contributed by atoms with Gasteiger partial charge in [-0.15, -0.1) is 0 Å².